The van der Waals surface area contributed by atoms with Gasteiger partial charge in [-0.05, 0) is 47.5 Å². The Labute approximate surface area is 122 Å². The van der Waals surface area contributed by atoms with Crippen LogP contribution in [0.1, 0.15) is 18.2 Å². The van der Waals surface area contributed by atoms with Crippen LogP contribution < -0.4 is 0 Å². The maximum atomic E-state index is 13.4. The van der Waals surface area contributed by atoms with Gasteiger partial charge < -0.3 is 0 Å². The minimum absolute atomic E-state index is 0.309. The van der Waals surface area contributed by atoms with Gasteiger partial charge in [-0.25, -0.2) is 14.4 Å². The van der Waals surface area contributed by atoms with Crippen LogP contribution >= 0.6 is 31.9 Å². The molecule has 0 aliphatic carbocycles. The molecule has 0 N–H and O–H groups in total. The van der Waals surface area contributed by atoms with E-state index in [2.05, 4.69) is 48.8 Å². The van der Waals surface area contributed by atoms with E-state index in [0.29, 0.717) is 15.9 Å². The predicted octanol–water partition coefficient (Wildman–Crippen LogP) is 4.68. The van der Waals surface area contributed by atoms with E-state index in [4.69, 9.17) is 0 Å². The zero-order valence-electron chi connectivity index (χ0n) is 9.97. The summed E-state index contributed by atoms with van der Waals surface area (Å²) in [5, 5.41) is 0. The third-order valence-electron chi connectivity index (χ3n) is 2.64. The van der Waals surface area contributed by atoms with Gasteiger partial charge in [-0.3, -0.25) is 0 Å². The highest BCUT2D eigenvalue weighted by Crippen LogP contribution is 2.25. The van der Waals surface area contributed by atoms with E-state index in [1.807, 2.05) is 6.92 Å². The third kappa shape index (κ3) is 2.78. The molecule has 94 valence electrons. The van der Waals surface area contributed by atoms with Crippen molar-refractivity contribution in [1.29, 1.82) is 0 Å². The Bertz CT molecular complexity index is 556. The Morgan fingerprint density at radius 1 is 1.17 bits per heavy atom. The summed E-state index contributed by atoms with van der Waals surface area (Å²) in [6, 6.07) is 4.64. The highest BCUT2D eigenvalue weighted by molar-refractivity contribution is 9.10. The van der Waals surface area contributed by atoms with Crippen molar-refractivity contribution in [3.05, 3.63) is 44.3 Å². The van der Waals surface area contributed by atoms with Crippen molar-refractivity contribution in [3.63, 3.8) is 0 Å². The van der Waals surface area contributed by atoms with Crippen LogP contribution in [0.4, 0.5) is 4.39 Å². The topological polar surface area (TPSA) is 25.8 Å². The molecule has 0 aliphatic heterocycles. The van der Waals surface area contributed by atoms with Crippen LogP contribution in [0.2, 0.25) is 0 Å². The second kappa shape index (κ2) is 5.45. The first-order valence-electron chi connectivity index (χ1n) is 5.50. The highest BCUT2D eigenvalue weighted by atomic mass is 79.9. The molecule has 2 rings (SSSR count). The number of rotatable bonds is 2. The second-order valence-electron chi connectivity index (χ2n) is 3.91. The lowest BCUT2D eigenvalue weighted by Crippen LogP contribution is -1.99. The number of nitrogens with zero attached hydrogens (tertiary/aromatic N) is 2. The van der Waals surface area contributed by atoms with Crippen molar-refractivity contribution >= 4 is 31.9 Å². The smallest absolute Gasteiger partial charge is 0.160 e. The largest absolute Gasteiger partial charge is 0.233 e. The van der Waals surface area contributed by atoms with Gasteiger partial charge in [-0.15, -0.1) is 0 Å². The van der Waals surface area contributed by atoms with E-state index in [1.54, 1.807) is 6.07 Å². The van der Waals surface area contributed by atoms with Crippen LogP contribution in [0.5, 0.6) is 0 Å². The van der Waals surface area contributed by atoms with Crippen molar-refractivity contribution in [2.75, 3.05) is 0 Å². The normalized spacial score (nSPS) is 10.7. The first kappa shape index (κ1) is 13.6. The monoisotopic (exact) mass is 372 g/mol. The molecule has 1 aromatic heterocycles. The molecule has 0 fully saturated rings. The van der Waals surface area contributed by atoms with E-state index >= 15 is 0 Å². The number of hydrogen-bond acceptors (Lipinski definition) is 2. The lowest BCUT2D eigenvalue weighted by atomic mass is 10.1. The highest BCUT2D eigenvalue weighted by Gasteiger charge is 2.10. The Hall–Kier alpha value is -0.810. The molecule has 1 aromatic carbocycles. The average molecular weight is 374 g/mol. The van der Waals surface area contributed by atoms with E-state index in [1.165, 1.54) is 12.1 Å². The summed E-state index contributed by atoms with van der Waals surface area (Å²) in [5.74, 6) is 0.216. The maximum Gasteiger partial charge on any atom is 0.160 e. The van der Waals surface area contributed by atoms with Crippen molar-refractivity contribution < 1.29 is 4.39 Å². The van der Waals surface area contributed by atoms with Crippen LogP contribution in [0, 0.1) is 12.7 Å². The molecule has 2 nitrogen and oxygen atoms in total. The fourth-order valence-corrected chi connectivity index (χ4v) is 2.98. The van der Waals surface area contributed by atoms with Gasteiger partial charge in [-0.1, -0.05) is 22.9 Å². The van der Waals surface area contributed by atoms with Crippen LogP contribution in [0.25, 0.3) is 11.4 Å². The van der Waals surface area contributed by atoms with Gasteiger partial charge in [-0.2, -0.15) is 0 Å². The van der Waals surface area contributed by atoms with E-state index < -0.39 is 0 Å². The summed E-state index contributed by atoms with van der Waals surface area (Å²) in [5.41, 5.74) is 2.65. The molecule has 1 heterocycles. The summed E-state index contributed by atoms with van der Waals surface area (Å²) in [6.45, 7) is 3.98. The zero-order valence-corrected chi connectivity index (χ0v) is 13.1. The molecule has 0 saturated carbocycles. The molecule has 0 atom stereocenters. The van der Waals surface area contributed by atoms with Gasteiger partial charge in [0.15, 0.2) is 5.82 Å². The molecule has 5 heteroatoms. The summed E-state index contributed by atoms with van der Waals surface area (Å²) >= 11 is 6.70. The molecule has 2 aromatic rings. The molecule has 0 saturated heterocycles. The summed E-state index contributed by atoms with van der Waals surface area (Å²) in [7, 11) is 0. The van der Waals surface area contributed by atoms with Crippen LogP contribution in [0.15, 0.2) is 27.3 Å². The number of halogens is 3. The van der Waals surface area contributed by atoms with Crippen LogP contribution in [-0.4, -0.2) is 9.97 Å². The first-order chi connectivity index (χ1) is 8.51. The lowest BCUT2D eigenvalue weighted by Gasteiger charge is -2.08. The van der Waals surface area contributed by atoms with Gasteiger partial charge in [0, 0.05) is 21.3 Å². The Kier molecular flexibility index (Phi) is 4.12. The van der Waals surface area contributed by atoms with Gasteiger partial charge in [0.2, 0.25) is 0 Å². The van der Waals surface area contributed by atoms with E-state index in [0.717, 1.165) is 22.3 Å². The van der Waals surface area contributed by atoms with Gasteiger partial charge in [0.1, 0.15) is 10.4 Å². The molecule has 0 radical (unpaired) electrons. The van der Waals surface area contributed by atoms with Gasteiger partial charge >= 0.3 is 0 Å². The lowest BCUT2D eigenvalue weighted by molar-refractivity contribution is 0.627. The number of aromatic nitrogens is 2. The molecule has 0 amide bonds. The summed E-state index contributed by atoms with van der Waals surface area (Å²) in [6.07, 6.45) is 0.861. The van der Waals surface area contributed by atoms with Crippen LogP contribution in [-0.2, 0) is 6.42 Å². The molecule has 18 heavy (non-hydrogen) atoms. The summed E-state index contributed by atoms with van der Waals surface area (Å²) < 4.78 is 14.8. The minimum atomic E-state index is -0.309. The minimum Gasteiger partial charge on any atom is -0.233 e. The average Bonchev–Trinajstić information content (AvgIpc) is 2.27. The Morgan fingerprint density at radius 2 is 1.89 bits per heavy atom. The van der Waals surface area contributed by atoms with Crippen molar-refractivity contribution in [2.24, 2.45) is 0 Å². The first-order valence-corrected chi connectivity index (χ1v) is 7.09. The molecular formula is C13H11Br2FN2. The molecule has 0 spiro atoms. The fourth-order valence-electron chi connectivity index (χ4n) is 1.77. The zero-order chi connectivity index (χ0) is 13.3. The predicted molar refractivity (Wildman–Crippen MR) is 76.9 cm³/mol. The standard InChI is InChI=1S/C13H11Br2FN2/c1-3-11-7(2)17-13(18-12(11)15)8-4-9(14)6-10(16)5-8/h4-6H,3H2,1-2H3. The number of aryl methyl sites for hydroxylation is 1. The molecule has 0 unspecified atom stereocenters. The Balaban J connectivity index is 2.58. The van der Waals surface area contributed by atoms with Crippen LogP contribution in [0.3, 0.4) is 0 Å². The number of benzene rings is 1. The van der Waals surface area contributed by atoms with Crippen molar-refractivity contribution in [3.8, 4) is 11.4 Å². The quantitative estimate of drug-likeness (QED) is 0.714. The summed E-state index contributed by atoms with van der Waals surface area (Å²) in [4.78, 5) is 8.80. The molecule has 0 aliphatic rings. The maximum absolute atomic E-state index is 13.4. The van der Waals surface area contributed by atoms with Crippen molar-refractivity contribution in [1.82, 2.24) is 9.97 Å². The van der Waals surface area contributed by atoms with E-state index in [-0.39, 0.29) is 5.82 Å². The fraction of sp³-hybridized carbons (Fsp3) is 0.231. The van der Waals surface area contributed by atoms with Gasteiger partial charge in [0.05, 0.1) is 0 Å². The van der Waals surface area contributed by atoms with Gasteiger partial charge in [0.25, 0.3) is 0 Å². The Morgan fingerprint density at radius 3 is 2.44 bits per heavy atom. The number of hydrogen-bond donors (Lipinski definition) is 0. The van der Waals surface area contributed by atoms with Crippen molar-refractivity contribution in [2.45, 2.75) is 20.3 Å². The SMILES string of the molecule is CCc1c(C)nc(-c2cc(F)cc(Br)c2)nc1Br. The molecule has 0 bridgehead atoms. The van der Waals surface area contributed by atoms with E-state index in [9.17, 15) is 4.39 Å². The second-order valence-corrected chi connectivity index (χ2v) is 5.58. The third-order valence-corrected chi connectivity index (χ3v) is 3.75. The molecular weight excluding hydrogens is 363 g/mol.